The van der Waals surface area contributed by atoms with Gasteiger partial charge >= 0.3 is 0 Å². The van der Waals surface area contributed by atoms with Crippen LogP contribution in [0.1, 0.15) is 25.0 Å². The van der Waals surface area contributed by atoms with Gasteiger partial charge < -0.3 is 0 Å². The third kappa shape index (κ3) is 4.01. The van der Waals surface area contributed by atoms with Crippen molar-refractivity contribution in [3.63, 3.8) is 0 Å². The summed E-state index contributed by atoms with van der Waals surface area (Å²) in [4.78, 5) is 15.5. The SMILES string of the molecule is CC1(C)c2ccccc2-c2cc(-c3nc(-c4ccc5ccccc5c4)nc(-c4ccc5ccccc5c4)n3)c3ccccc3c21. The molecule has 1 aromatic heterocycles. The van der Waals surface area contributed by atoms with Gasteiger partial charge in [-0.1, -0.05) is 135 Å². The van der Waals surface area contributed by atoms with Crippen LogP contribution in [0.2, 0.25) is 0 Å². The Balaban J connectivity index is 1.33. The maximum atomic E-state index is 5.21. The number of hydrogen-bond donors (Lipinski definition) is 0. The number of aromatic nitrogens is 3. The van der Waals surface area contributed by atoms with Crippen LogP contribution in [0.3, 0.4) is 0 Å². The molecule has 0 amide bonds. The number of hydrogen-bond acceptors (Lipinski definition) is 3. The maximum absolute atomic E-state index is 5.21. The first-order valence-corrected chi connectivity index (χ1v) is 15.5. The van der Waals surface area contributed by atoms with Crippen molar-refractivity contribution in [2.45, 2.75) is 19.3 Å². The molecule has 0 unspecified atom stereocenters. The number of rotatable bonds is 3. The zero-order chi connectivity index (χ0) is 30.1. The minimum atomic E-state index is -0.115. The van der Waals surface area contributed by atoms with E-state index in [4.69, 9.17) is 15.0 Å². The van der Waals surface area contributed by atoms with Gasteiger partial charge in [-0.05, 0) is 72.8 Å². The zero-order valence-electron chi connectivity index (χ0n) is 25.1. The van der Waals surface area contributed by atoms with E-state index in [2.05, 4.69) is 153 Å². The summed E-state index contributed by atoms with van der Waals surface area (Å²) in [5, 5.41) is 7.09. The first-order valence-electron chi connectivity index (χ1n) is 15.5. The molecule has 0 N–H and O–H groups in total. The Morgan fingerprint density at radius 2 is 0.911 bits per heavy atom. The van der Waals surface area contributed by atoms with E-state index in [-0.39, 0.29) is 5.41 Å². The molecule has 0 saturated carbocycles. The summed E-state index contributed by atoms with van der Waals surface area (Å²) in [6, 6.07) is 49.5. The molecule has 0 aliphatic heterocycles. The fourth-order valence-electron chi connectivity index (χ4n) is 7.26. The van der Waals surface area contributed by atoms with Gasteiger partial charge in [-0.15, -0.1) is 0 Å². The van der Waals surface area contributed by atoms with Crippen molar-refractivity contribution in [2.75, 3.05) is 0 Å². The molecule has 1 heterocycles. The van der Waals surface area contributed by atoms with Gasteiger partial charge in [-0.2, -0.15) is 0 Å². The van der Waals surface area contributed by atoms with Gasteiger partial charge in [0.15, 0.2) is 17.5 Å². The van der Waals surface area contributed by atoms with Crippen LogP contribution < -0.4 is 0 Å². The number of fused-ring (bicyclic) bond motifs is 7. The monoisotopic (exact) mass is 575 g/mol. The standard InChI is InChI=1S/C42H29N3/c1-42(2)37-18-10-9-16-33(37)35-25-36(32-15-7-8-17-34(32)38(35)42)41-44-39(30-21-19-26-11-3-5-13-28(26)23-30)43-40(45-41)31-22-20-27-12-4-6-14-29(27)24-31/h3-25H,1-2H3. The van der Waals surface area contributed by atoms with Crippen molar-refractivity contribution in [3.05, 3.63) is 151 Å². The molecule has 3 nitrogen and oxygen atoms in total. The molecular formula is C42H29N3. The normalized spacial score (nSPS) is 13.3. The smallest absolute Gasteiger partial charge is 0.164 e. The minimum absolute atomic E-state index is 0.115. The Kier molecular flexibility index (Phi) is 5.54. The molecule has 0 atom stereocenters. The highest BCUT2D eigenvalue weighted by Crippen LogP contribution is 2.52. The van der Waals surface area contributed by atoms with E-state index < -0.39 is 0 Å². The summed E-state index contributed by atoms with van der Waals surface area (Å²) in [5.74, 6) is 2.01. The van der Waals surface area contributed by atoms with Crippen LogP contribution in [0.25, 0.3) is 77.6 Å². The quantitative estimate of drug-likeness (QED) is 0.210. The van der Waals surface area contributed by atoms with Crippen molar-refractivity contribution >= 4 is 32.3 Å². The van der Waals surface area contributed by atoms with Gasteiger partial charge in [0.25, 0.3) is 0 Å². The van der Waals surface area contributed by atoms with E-state index in [1.807, 2.05) is 0 Å². The summed E-state index contributed by atoms with van der Waals surface area (Å²) in [6.07, 6.45) is 0. The topological polar surface area (TPSA) is 38.7 Å². The highest BCUT2D eigenvalue weighted by Gasteiger charge is 2.37. The first-order chi connectivity index (χ1) is 22.0. The van der Waals surface area contributed by atoms with Gasteiger partial charge in [-0.3, -0.25) is 0 Å². The van der Waals surface area contributed by atoms with Gasteiger partial charge in [0.2, 0.25) is 0 Å². The van der Waals surface area contributed by atoms with Gasteiger partial charge in [-0.25, -0.2) is 15.0 Å². The molecule has 7 aromatic carbocycles. The Bertz CT molecular complexity index is 2380. The van der Waals surface area contributed by atoms with E-state index in [1.165, 1.54) is 38.4 Å². The van der Waals surface area contributed by atoms with Crippen LogP contribution in [-0.2, 0) is 5.41 Å². The van der Waals surface area contributed by atoms with Crippen LogP contribution in [0, 0.1) is 0 Å². The van der Waals surface area contributed by atoms with Crippen LogP contribution >= 0.6 is 0 Å². The van der Waals surface area contributed by atoms with Crippen LogP contribution in [0.4, 0.5) is 0 Å². The molecule has 0 fully saturated rings. The second-order valence-electron chi connectivity index (χ2n) is 12.5. The third-order valence-corrected chi connectivity index (χ3v) is 9.45. The molecule has 9 rings (SSSR count). The summed E-state index contributed by atoms with van der Waals surface area (Å²) < 4.78 is 0. The molecule has 3 heteroatoms. The van der Waals surface area contributed by atoms with Gasteiger partial charge in [0.1, 0.15) is 0 Å². The zero-order valence-corrected chi connectivity index (χ0v) is 25.1. The third-order valence-electron chi connectivity index (χ3n) is 9.45. The van der Waals surface area contributed by atoms with Crippen molar-refractivity contribution in [1.82, 2.24) is 15.0 Å². The Morgan fingerprint density at radius 3 is 1.56 bits per heavy atom. The summed E-state index contributed by atoms with van der Waals surface area (Å²) >= 11 is 0. The molecule has 0 saturated heterocycles. The lowest BCUT2D eigenvalue weighted by Gasteiger charge is -2.24. The number of benzene rings is 7. The highest BCUT2D eigenvalue weighted by molar-refractivity contribution is 6.05. The van der Waals surface area contributed by atoms with Crippen molar-refractivity contribution < 1.29 is 0 Å². The van der Waals surface area contributed by atoms with Crippen LogP contribution in [0.5, 0.6) is 0 Å². The Hall–Kier alpha value is -5.67. The van der Waals surface area contributed by atoms with E-state index in [9.17, 15) is 0 Å². The largest absolute Gasteiger partial charge is 0.208 e. The Morgan fingerprint density at radius 1 is 0.400 bits per heavy atom. The average Bonchev–Trinajstić information content (AvgIpc) is 3.33. The molecule has 212 valence electrons. The summed E-state index contributed by atoms with van der Waals surface area (Å²) in [5.41, 5.74) is 8.09. The van der Waals surface area contributed by atoms with E-state index >= 15 is 0 Å². The van der Waals surface area contributed by atoms with Crippen LogP contribution in [-0.4, -0.2) is 15.0 Å². The summed E-state index contributed by atoms with van der Waals surface area (Å²) in [7, 11) is 0. The number of nitrogens with zero attached hydrogens (tertiary/aromatic N) is 3. The fraction of sp³-hybridized carbons (Fsp3) is 0.0714. The maximum Gasteiger partial charge on any atom is 0.164 e. The first kappa shape index (κ1) is 25.8. The van der Waals surface area contributed by atoms with E-state index in [0.717, 1.165) is 32.8 Å². The van der Waals surface area contributed by atoms with Gasteiger partial charge in [0, 0.05) is 22.1 Å². The Labute approximate surface area is 261 Å². The molecule has 8 aromatic rings. The lowest BCUT2D eigenvalue weighted by atomic mass is 9.79. The molecular weight excluding hydrogens is 546 g/mol. The lowest BCUT2D eigenvalue weighted by molar-refractivity contribution is 0.666. The van der Waals surface area contributed by atoms with Crippen molar-refractivity contribution in [1.29, 1.82) is 0 Å². The van der Waals surface area contributed by atoms with Crippen LogP contribution in [0.15, 0.2) is 140 Å². The van der Waals surface area contributed by atoms with E-state index in [0.29, 0.717) is 17.5 Å². The molecule has 1 aliphatic rings. The second kappa shape index (κ2) is 9.67. The molecule has 0 radical (unpaired) electrons. The van der Waals surface area contributed by atoms with Crippen molar-refractivity contribution in [2.24, 2.45) is 0 Å². The van der Waals surface area contributed by atoms with Crippen molar-refractivity contribution in [3.8, 4) is 45.3 Å². The minimum Gasteiger partial charge on any atom is -0.208 e. The second-order valence-corrected chi connectivity index (χ2v) is 12.5. The molecule has 45 heavy (non-hydrogen) atoms. The lowest BCUT2D eigenvalue weighted by Crippen LogP contribution is -2.15. The van der Waals surface area contributed by atoms with E-state index in [1.54, 1.807) is 0 Å². The molecule has 1 aliphatic carbocycles. The predicted molar refractivity (Wildman–Crippen MR) is 186 cm³/mol. The highest BCUT2D eigenvalue weighted by atomic mass is 15.0. The summed E-state index contributed by atoms with van der Waals surface area (Å²) in [6.45, 7) is 4.67. The predicted octanol–water partition coefficient (Wildman–Crippen LogP) is 10.6. The fourth-order valence-corrected chi connectivity index (χ4v) is 7.26. The average molecular weight is 576 g/mol. The molecule has 0 spiro atoms. The van der Waals surface area contributed by atoms with Gasteiger partial charge in [0.05, 0.1) is 0 Å². The molecule has 0 bridgehead atoms.